The molecule has 0 aromatic carbocycles. The van der Waals surface area contributed by atoms with Crippen molar-refractivity contribution in [2.75, 3.05) is 18.1 Å². The second kappa shape index (κ2) is 10.2. The predicted octanol–water partition coefficient (Wildman–Crippen LogP) is 4.97. The van der Waals surface area contributed by atoms with Gasteiger partial charge in [0.1, 0.15) is 0 Å². The van der Waals surface area contributed by atoms with Crippen LogP contribution in [0.2, 0.25) is 5.02 Å². The van der Waals surface area contributed by atoms with Gasteiger partial charge in [-0.05, 0) is 56.1 Å². The number of rotatable bonds is 5. The number of imidazole rings is 1. The second-order valence-electron chi connectivity index (χ2n) is 11.5. The largest absolute Gasteiger partial charge is 0.427 e. The fourth-order valence-corrected chi connectivity index (χ4v) is 6.99. The molecule has 10 nitrogen and oxygen atoms in total. The van der Waals surface area contributed by atoms with Gasteiger partial charge in [0.2, 0.25) is 5.95 Å². The summed E-state index contributed by atoms with van der Waals surface area (Å²) in [5.74, 6) is 2.35. The van der Waals surface area contributed by atoms with Gasteiger partial charge in [0.05, 0.1) is 46.2 Å². The van der Waals surface area contributed by atoms with Gasteiger partial charge in [0.15, 0.2) is 6.17 Å². The van der Waals surface area contributed by atoms with Crippen LogP contribution in [0.15, 0.2) is 24.5 Å². The van der Waals surface area contributed by atoms with Gasteiger partial charge < -0.3 is 19.0 Å². The van der Waals surface area contributed by atoms with Crippen LogP contribution in [0.1, 0.15) is 63.7 Å². The number of aromatic nitrogens is 4. The summed E-state index contributed by atoms with van der Waals surface area (Å²) in [5, 5.41) is 3.31. The van der Waals surface area contributed by atoms with Gasteiger partial charge in [-0.1, -0.05) is 31.4 Å². The Hall–Kier alpha value is -2.95. The number of nitrogens with one attached hydrogen (secondary N) is 2. The zero-order valence-corrected chi connectivity index (χ0v) is 22.9. The Morgan fingerprint density at radius 3 is 2.77 bits per heavy atom. The van der Waals surface area contributed by atoms with Gasteiger partial charge in [-0.15, -0.1) is 5.48 Å². The molecule has 11 heteroatoms. The summed E-state index contributed by atoms with van der Waals surface area (Å²) in [5.41, 5.74) is 6.72. The molecule has 2 N–H and O–H groups in total. The van der Waals surface area contributed by atoms with Crippen molar-refractivity contribution in [3.63, 3.8) is 0 Å². The molecule has 206 valence electrons. The molecule has 2 aliphatic carbocycles. The van der Waals surface area contributed by atoms with E-state index in [0.29, 0.717) is 29.3 Å². The molecule has 0 radical (unpaired) electrons. The highest BCUT2D eigenvalue weighted by Gasteiger charge is 2.39. The Balaban J connectivity index is 1.41. The SMILES string of the molecule is CC1CCC(Cn2c(N3CCO[C@@H]4CCC[C@H]43)nc3cc(C4NOC(=O)N4)nc(-c4cncc(Cl)c4)c32)CC1. The van der Waals surface area contributed by atoms with Crippen LogP contribution in [-0.4, -0.2) is 50.9 Å². The molecule has 1 unspecified atom stereocenters. The standard InChI is InChI=1S/C28H34ClN7O3/c1-16-5-7-17(8-6-16)15-36-25-20(32-27(36)35-9-10-38-23-4-2-3-22(23)35)12-21(26-33-28(37)39-34-26)31-24(25)18-11-19(29)14-30-13-18/h11-14,16-17,22-23,26,34H,2-10,15H2,1H3,(H,33,37)/t16?,17?,22-,23-,26?/m1/s1. The van der Waals surface area contributed by atoms with E-state index >= 15 is 0 Å². The van der Waals surface area contributed by atoms with Crippen molar-refractivity contribution >= 4 is 34.7 Å². The number of ether oxygens (including phenoxy) is 1. The first-order valence-corrected chi connectivity index (χ1v) is 14.5. The van der Waals surface area contributed by atoms with Gasteiger partial charge in [-0.3, -0.25) is 10.3 Å². The topological polar surface area (TPSA) is 106 Å². The second-order valence-corrected chi connectivity index (χ2v) is 11.9. The normalized spacial score (nSPS) is 28.9. The number of hydrogen-bond acceptors (Lipinski definition) is 8. The van der Waals surface area contributed by atoms with Crippen LogP contribution in [0, 0.1) is 11.8 Å². The fraction of sp³-hybridized carbons (Fsp3) is 0.571. The summed E-state index contributed by atoms with van der Waals surface area (Å²) >= 11 is 6.40. The smallest absolute Gasteiger partial charge is 0.374 e. The van der Waals surface area contributed by atoms with E-state index in [2.05, 4.69) is 32.2 Å². The van der Waals surface area contributed by atoms with E-state index < -0.39 is 12.3 Å². The Kier molecular flexibility index (Phi) is 6.57. The molecule has 2 saturated heterocycles. The van der Waals surface area contributed by atoms with Crippen molar-refractivity contribution in [3.05, 3.63) is 35.2 Å². The molecule has 0 bridgehead atoms. The maximum atomic E-state index is 11.8. The third kappa shape index (κ3) is 4.72. The van der Waals surface area contributed by atoms with Gasteiger partial charge in [0, 0.05) is 31.0 Å². The molecule has 7 rings (SSSR count). The van der Waals surface area contributed by atoms with Crippen molar-refractivity contribution in [1.82, 2.24) is 30.3 Å². The lowest BCUT2D eigenvalue weighted by Gasteiger charge is -2.39. The highest BCUT2D eigenvalue weighted by Crippen LogP contribution is 2.39. The highest BCUT2D eigenvalue weighted by atomic mass is 35.5. The molecule has 2 aliphatic heterocycles. The number of morpholine rings is 1. The molecule has 2 saturated carbocycles. The van der Waals surface area contributed by atoms with E-state index in [0.717, 1.165) is 60.1 Å². The zero-order chi connectivity index (χ0) is 26.5. The van der Waals surface area contributed by atoms with Crippen LogP contribution in [0.3, 0.4) is 0 Å². The van der Waals surface area contributed by atoms with E-state index in [4.69, 9.17) is 31.1 Å². The molecule has 39 heavy (non-hydrogen) atoms. The minimum atomic E-state index is -0.580. The molecule has 4 fully saturated rings. The number of hydrogen-bond donors (Lipinski definition) is 2. The third-order valence-electron chi connectivity index (χ3n) is 8.85. The summed E-state index contributed by atoms with van der Waals surface area (Å²) in [6.07, 6.45) is 10.9. The average Bonchev–Trinajstić information content (AvgIpc) is 3.68. The lowest BCUT2D eigenvalue weighted by atomic mass is 9.83. The Morgan fingerprint density at radius 2 is 1.97 bits per heavy atom. The molecule has 3 atom stereocenters. The number of hydroxylamine groups is 1. The number of anilines is 1. The van der Waals surface area contributed by atoms with E-state index in [1.165, 1.54) is 32.1 Å². The molecule has 1 amide bonds. The Morgan fingerprint density at radius 1 is 1.10 bits per heavy atom. The van der Waals surface area contributed by atoms with Gasteiger partial charge in [-0.2, -0.15) is 0 Å². The quantitative estimate of drug-likeness (QED) is 0.457. The van der Waals surface area contributed by atoms with E-state index in [1.807, 2.05) is 12.1 Å². The summed E-state index contributed by atoms with van der Waals surface area (Å²) in [7, 11) is 0. The van der Waals surface area contributed by atoms with Crippen molar-refractivity contribution in [2.24, 2.45) is 11.8 Å². The van der Waals surface area contributed by atoms with Crippen LogP contribution in [-0.2, 0) is 16.1 Å². The lowest BCUT2D eigenvalue weighted by molar-refractivity contribution is 0.0247. The molecule has 4 aliphatic rings. The summed E-state index contributed by atoms with van der Waals surface area (Å²) < 4.78 is 8.56. The number of halogens is 1. The predicted molar refractivity (Wildman–Crippen MR) is 147 cm³/mol. The van der Waals surface area contributed by atoms with Gasteiger partial charge in [0.25, 0.3) is 0 Å². The van der Waals surface area contributed by atoms with Gasteiger partial charge >= 0.3 is 6.09 Å². The average molecular weight is 552 g/mol. The molecule has 3 aromatic rings. The van der Waals surface area contributed by atoms with E-state index in [-0.39, 0.29) is 6.10 Å². The lowest BCUT2D eigenvalue weighted by Crippen LogP contribution is -2.49. The molecular formula is C28H34ClN7O3. The third-order valence-corrected chi connectivity index (χ3v) is 9.05. The fourth-order valence-electron chi connectivity index (χ4n) is 6.81. The minimum absolute atomic E-state index is 0.253. The van der Waals surface area contributed by atoms with Crippen LogP contribution in [0.4, 0.5) is 10.7 Å². The number of carbonyl (C=O) groups excluding carboxylic acids is 1. The van der Waals surface area contributed by atoms with Gasteiger partial charge in [-0.25, -0.2) is 14.8 Å². The van der Waals surface area contributed by atoms with E-state index in [9.17, 15) is 4.79 Å². The molecule has 3 aromatic heterocycles. The Bertz CT molecular complexity index is 1390. The summed E-state index contributed by atoms with van der Waals surface area (Å²) in [6, 6.07) is 4.17. The first kappa shape index (κ1) is 25.0. The van der Waals surface area contributed by atoms with Crippen LogP contribution < -0.4 is 15.7 Å². The first-order chi connectivity index (χ1) is 19.0. The van der Waals surface area contributed by atoms with Crippen LogP contribution >= 0.6 is 11.6 Å². The number of carbonyl (C=O) groups is 1. The van der Waals surface area contributed by atoms with Crippen molar-refractivity contribution in [2.45, 2.75) is 76.7 Å². The molecule has 5 heterocycles. The maximum absolute atomic E-state index is 11.8. The van der Waals surface area contributed by atoms with Crippen LogP contribution in [0.5, 0.6) is 0 Å². The number of pyridine rings is 2. The number of nitrogens with zero attached hydrogens (tertiary/aromatic N) is 5. The highest BCUT2D eigenvalue weighted by molar-refractivity contribution is 6.30. The summed E-state index contributed by atoms with van der Waals surface area (Å²) in [6.45, 7) is 4.76. The van der Waals surface area contributed by atoms with Crippen molar-refractivity contribution in [3.8, 4) is 11.3 Å². The first-order valence-electron chi connectivity index (χ1n) is 14.2. The monoisotopic (exact) mass is 551 g/mol. The summed E-state index contributed by atoms with van der Waals surface area (Å²) in [4.78, 5) is 34.0. The maximum Gasteiger partial charge on any atom is 0.427 e. The van der Waals surface area contributed by atoms with Crippen molar-refractivity contribution in [1.29, 1.82) is 0 Å². The van der Waals surface area contributed by atoms with Crippen LogP contribution in [0.25, 0.3) is 22.3 Å². The molecule has 0 spiro atoms. The number of amides is 1. The number of fused-ring (bicyclic) bond motifs is 2. The minimum Gasteiger partial charge on any atom is -0.374 e. The Labute approximate surface area is 232 Å². The zero-order valence-electron chi connectivity index (χ0n) is 22.1. The van der Waals surface area contributed by atoms with E-state index in [1.54, 1.807) is 12.4 Å². The van der Waals surface area contributed by atoms with Crippen molar-refractivity contribution < 1.29 is 14.4 Å². The molecular weight excluding hydrogens is 518 g/mol.